The molecule has 0 aromatic carbocycles. The Morgan fingerprint density at radius 3 is 2.67 bits per heavy atom. The van der Waals surface area contributed by atoms with Crippen LogP contribution in [-0.2, 0) is 13.2 Å². The van der Waals surface area contributed by atoms with Crippen LogP contribution in [0.25, 0.3) is 0 Å². The van der Waals surface area contributed by atoms with Crippen molar-refractivity contribution >= 4 is 0 Å². The summed E-state index contributed by atoms with van der Waals surface area (Å²) in [5.41, 5.74) is 2.10. The topological polar surface area (TPSA) is 38.0 Å². The fourth-order valence-corrected chi connectivity index (χ4v) is 1.48. The van der Waals surface area contributed by atoms with Gasteiger partial charge in [-0.3, -0.25) is 4.68 Å². The van der Waals surface area contributed by atoms with Crippen LogP contribution in [0.1, 0.15) is 37.9 Å². The second-order valence-corrected chi connectivity index (χ2v) is 3.18. The van der Waals surface area contributed by atoms with Gasteiger partial charge in [-0.15, -0.1) is 0 Å². The normalized spacial score (nSPS) is 11.1. The predicted octanol–water partition coefficient (Wildman–Crippen LogP) is 1.52. The van der Waals surface area contributed by atoms with Crippen molar-refractivity contribution in [1.82, 2.24) is 9.78 Å². The van der Waals surface area contributed by atoms with Crippen LogP contribution in [0.4, 0.5) is 0 Å². The van der Waals surface area contributed by atoms with E-state index in [0.717, 1.165) is 17.8 Å². The third-order valence-corrected chi connectivity index (χ3v) is 1.98. The summed E-state index contributed by atoms with van der Waals surface area (Å²) >= 11 is 0. The Kier molecular flexibility index (Phi) is 2.87. The molecule has 0 bridgehead atoms. The minimum Gasteiger partial charge on any atom is -0.392 e. The molecule has 3 heteroatoms. The monoisotopic (exact) mass is 168 g/mol. The molecule has 0 fully saturated rings. The van der Waals surface area contributed by atoms with Crippen LogP contribution in [0.2, 0.25) is 0 Å². The summed E-state index contributed by atoms with van der Waals surface area (Å²) in [4.78, 5) is 0. The molecule has 0 radical (unpaired) electrons. The molecule has 0 atom stereocenters. The second-order valence-electron chi connectivity index (χ2n) is 3.18. The van der Waals surface area contributed by atoms with Gasteiger partial charge in [0.15, 0.2) is 0 Å². The summed E-state index contributed by atoms with van der Waals surface area (Å²) in [6.45, 7) is 7.24. The zero-order valence-corrected chi connectivity index (χ0v) is 7.91. The number of hydrogen-bond donors (Lipinski definition) is 1. The van der Waals surface area contributed by atoms with Crippen LogP contribution in [0.5, 0.6) is 0 Å². The van der Waals surface area contributed by atoms with E-state index in [1.54, 1.807) is 6.20 Å². The van der Waals surface area contributed by atoms with Crippen LogP contribution in [0, 0.1) is 0 Å². The van der Waals surface area contributed by atoms with Crippen molar-refractivity contribution in [3.63, 3.8) is 0 Å². The number of aliphatic hydroxyl groups is 1. The fraction of sp³-hybridized carbons (Fsp3) is 0.667. The number of nitrogens with zero attached hydrogens (tertiary/aromatic N) is 2. The van der Waals surface area contributed by atoms with Gasteiger partial charge in [-0.05, 0) is 12.8 Å². The van der Waals surface area contributed by atoms with Crippen molar-refractivity contribution in [2.75, 3.05) is 0 Å². The first-order valence-electron chi connectivity index (χ1n) is 4.36. The Labute approximate surface area is 73.0 Å². The van der Waals surface area contributed by atoms with Crippen molar-refractivity contribution < 1.29 is 5.11 Å². The van der Waals surface area contributed by atoms with E-state index in [-0.39, 0.29) is 6.61 Å². The summed E-state index contributed by atoms with van der Waals surface area (Å²) in [6, 6.07) is 0. The molecular formula is C9H16N2O. The Morgan fingerprint density at radius 1 is 1.58 bits per heavy atom. The molecule has 3 nitrogen and oxygen atoms in total. The molecule has 0 saturated carbocycles. The van der Waals surface area contributed by atoms with Crippen LogP contribution < -0.4 is 0 Å². The first kappa shape index (κ1) is 9.26. The molecule has 0 aliphatic carbocycles. The van der Waals surface area contributed by atoms with Crippen molar-refractivity contribution in [1.29, 1.82) is 0 Å². The van der Waals surface area contributed by atoms with Crippen LogP contribution in [-0.4, -0.2) is 14.9 Å². The maximum atomic E-state index is 9.02. The third-order valence-electron chi connectivity index (χ3n) is 1.98. The quantitative estimate of drug-likeness (QED) is 0.743. The van der Waals surface area contributed by atoms with Gasteiger partial charge in [0.1, 0.15) is 0 Å². The molecule has 1 aromatic rings. The number of rotatable bonds is 3. The van der Waals surface area contributed by atoms with Crippen LogP contribution in [0.15, 0.2) is 6.20 Å². The molecule has 0 amide bonds. The maximum absolute atomic E-state index is 9.02. The standard InChI is InChI=1S/C9H16N2O/c1-4-11-9(7(2)3)8(6-12)5-10-11/h5,7,12H,4,6H2,1-3H3. The third kappa shape index (κ3) is 1.50. The summed E-state index contributed by atoms with van der Waals surface area (Å²) in [7, 11) is 0. The highest BCUT2D eigenvalue weighted by Gasteiger charge is 2.11. The summed E-state index contributed by atoms with van der Waals surface area (Å²) < 4.78 is 1.94. The highest BCUT2D eigenvalue weighted by molar-refractivity contribution is 5.19. The van der Waals surface area contributed by atoms with E-state index in [9.17, 15) is 0 Å². The lowest BCUT2D eigenvalue weighted by atomic mass is 10.1. The minimum atomic E-state index is 0.0908. The Hall–Kier alpha value is -0.830. The molecule has 0 aliphatic heterocycles. The lowest BCUT2D eigenvalue weighted by Crippen LogP contribution is -2.05. The number of aryl methyl sites for hydroxylation is 1. The molecule has 1 rings (SSSR count). The van der Waals surface area contributed by atoms with E-state index in [1.165, 1.54) is 0 Å². The molecule has 0 unspecified atom stereocenters. The highest BCUT2D eigenvalue weighted by atomic mass is 16.3. The van der Waals surface area contributed by atoms with E-state index in [1.807, 2.05) is 4.68 Å². The molecule has 0 saturated heterocycles. The van der Waals surface area contributed by atoms with Gasteiger partial charge >= 0.3 is 0 Å². The van der Waals surface area contributed by atoms with Gasteiger partial charge in [0.05, 0.1) is 12.8 Å². The van der Waals surface area contributed by atoms with Crippen molar-refractivity contribution in [2.45, 2.75) is 39.8 Å². The second kappa shape index (κ2) is 3.72. The zero-order chi connectivity index (χ0) is 9.14. The molecule has 0 aliphatic rings. The van der Waals surface area contributed by atoms with Gasteiger partial charge in [-0.1, -0.05) is 13.8 Å². The largest absolute Gasteiger partial charge is 0.392 e. The molecule has 0 spiro atoms. The smallest absolute Gasteiger partial charge is 0.0715 e. The predicted molar refractivity (Wildman–Crippen MR) is 47.9 cm³/mol. The first-order valence-corrected chi connectivity index (χ1v) is 4.36. The summed E-state index contributed by atoms with van der Waals surface area (Å²) in [6.07, 6.45) is 1.75. The van der Waals surface area contributed by atoms with Gasteiger partial charge in [0.25, 0.3) is 0 Å². The van der Waals surface area contributed by atoms with Crippen molar-refractivity contribution in [3.05, 3.63) is 17.5 Å². The number of aliphatic hydroxyl groups excluding tert-OH is 1. The zero-order valence-electron chi connectivity index (χ0n) is 7.91. The van der Waals surface area contributed by atoms with E-state index < -0.39 is 0 Å². The van der Waals surface area contributed by atoms with Crippen LogP contribution >= 0.6 is 0 Å². The molecular weight excluding hydrogens is 152 g/mol. The van der Waals surface area contributed by atoms with Gasteiger partial charge in [0, 0.05) is 17.8 Å². The van der Waals surface area contributed by atoms with Crippen LogP contribution in [0.3, 0.4) is 0 Å². The van der Waals surface area contributed by atoms with E-state index in [4.69, 9.17) is 5.11 Å². The summed E-state index contributed by atoms with van der Waals surface area (Å²) in [5, 5.41) is 13.2. The maximum Gasteiger partial charge on any atom is 0.0715 e. The van der Waals surface area contributed by atoms with Crippen molar-refractivity contribution in [3.8, 4) is 0 Å². The lowest BCUT2D eigenvalue weighted by molar-refractivity contribution is 0.279. The highest BCUT2D eigenvalue weighted by Crippen LogP contribution is 2.18. The Morgan fingerprint density at radius 2 is 2.25 bits per heavy atom. The molecule has 12 heavy (non-hydrogen) atoms. The SMILES string of the molecule is CCn1ncc(CO)c1C(C)C. The van der Waals surface area contributed by atoms with Crippen molar-refractivity contribution in [2.24, 2.45) is 0 Å². The average Bonchev–Trinajstić information content (AvgIpc) is 2.46. The number of hydrogen-bond acceptors (Lipinski definition) is 2. The van der Waals surface area contributed by atoms with E-state index >= 15 is 0 Å². The average molecular weight is 168 g/mol. The molecule has 1 N–H and O–H groups in total. The molecule has 1 heterocycles. The summed E-state index contributed by atoms with van der Waals surface area (Å²) in [5.74, 6) is 0.426. The first-order chi connectivity index (χ1) is 5.70. The van der Waals surface area contributed by atoms with Gasteiger partial charge in [-0.25, -0.2) is 0 Å². The number of aromatic nitrogens is 2. The van der Waals surface area contributed by atoms with Gasteiger partial charge < -0.3 is 5.11 Å². The molecule has 1 aromatic heterocycles. The minimum absolute atomic E-state index is 0.0908. The lowest BCUT2D eigenvalue weighted by Gasteiger charge is -2.09. The van der Waals surface area contributed by atoms with E-state index in [2.05, 4.69) is 25.9 Å². The Balaban J connectivity index is 3.07. The fourth-order valence-electron chi connectivity index (χ4n) is 1.48. The van der Waals surface area contributed by atoms with E-state index in [0.29, 0.717) is 5.92 Å². The molecule has 68 valence electrons. The Bertz CT molecular complexity index is 232. The van der Waals surface area contributed by atoms with Gasteiger partial charge in [-0.2, -0.15) is 5.10 Å². The van der Waals surface area contributed by atoms with Gasteiger partial charge in [0.2, 0.25) is 0 Å².